The highest BCUT2D eigenvalue weighted by Gasteiger charge is 2.11. The van der Waals surface area contributed by atoms with Crippen LogP contribution in [0.3, 0.4) is 0 Å². The van der Waals surface area contributed by atoms with Gasteiger partial charge in [0.25, 0.3) is 0 Å². The maximum absolute atomic E-state index is 3.55. The van der Waals surface area contributed by atoms with Crippen molar-refractivity contribution in [3.63, 3.8) is 0 Å². The fourth-order valence-electron chi connectivity index (χ4n) is 2.13. The number of likely N-dealkylation sites (N-methyl/N-ethyl adjacent to an activating group) is 1. The van der Waals surface area contributed by atoms with Crippen LogP contribution in [0.5, 0.6) is 0 Å². The molecule has 0 fully saturated rings. The van der Waals surface area contributed by atoms with Crippen LogP contribution in [0.25, 0.3) is 0 Å². The second-order valence-electron chi connectivity index (χ2n) is 4.68. The van der Waals surface area contributed by atoms with Crippen LogP contribution >= 0.6 is 38.5 Å². The molecule has 0 amide bonds. The van der Waals surface area contributed by atoms with Crippen molar-refractivity contribution >= 4 is 38.5 Å². The Labute approximate surface area is 137 Å². The van der Waals surface area contributed by atoms with Gasteiger partial charge in [0, 0.05) is 14.1 Å². The Morgan fingerprint density at radius 3 is 2.42 bits per heavy atom. The van der Waals surface area contributed by atoms with E-state index in [2.05, 4.69) is 93.2 Å². The third-order valence-electron chi connectivity index (χ3n) is 3.29. The van der Waals surface area contributed by atoms with Gasteiger partial charge in [-0.15, -0.1) is 0 Å². The Morgan fingerprint density at radius 1 is 1.16 bits per heavy atom. The first kappa shape index (κ1) is 15.0. The average molecular weight is 430 g/mol. The summed E-state index contributed by atoms with van der Waals surface area (Å²) in [5.41, 5.74) is 3.97. The normalized spacial score (nSPS) is 12.4. The van der Waals surface area contributed by atoms with Crippen molar-refractivity contribution in [3.05, 3.63) is 67.2 Å². The second kappa shape index (κ2) is 6.86. The number of hydrogen-bond acceptors (Lipinski definition) is 1. The molecule has 2 aromatic rings. The van der Waals surface area contributed by atoms with Gasteiger partial charge in [0.15, 0.2) is 0 Å². The van der Waals surface area contributed by atoms with Crippen molar-refractivity contribution in [2.45, 2.75) is 19.4 Å². The van der Waals surface area contributed by atoms with E-state index in [1.807, 2.05) is 7.05 Å². The summed E-state index contributed by atoms with van der Waals surface area (Å²) in [5.74, 6) is 0. The van der Waals surface area contributed by atoms with Gasteiger partial charge in [0.05, 0.1) is 0 Å². The molecule has 100 valence electrons. The molecule has 1 N–H and O–H groups in total. The van der Waals surface area contributed by atoms with Crippen LogP contribution in [-0.4, -0.2) is 7.05 Å². The first-order valence-electron chi connectivity index (χ1n) is 6.28. The summed E-state index contributed by atoms with van der Waals surface area (Å²) in [5, 5.41) is 3.41. The molecule has 0 saturated carbocycles. The maximum atomic E-state index is 3.55. The van der Waals surface area contributed by atoms with Crippen LogP contribution in [0.1, 0.15) is 22.7 Å². The smallest absolute Gasteiger partial charge is 0.0358 e. The summed E-state index contributed by atoms with van der Waals surface area (Å²) in [7, 11) is 2.02. The second-order valence-corrected chi connectivity index (χ2v) is 6.78. The van der Waals surface area contributed by atoms with Crippen molar-refractivity contribution in [1.29, 1.82) is 0 Å². The summed E-state index contributed by atoms with van der Waals surface area (Å²) in [4.78, 5) is 0. The Kier molecular flexibility index (Phi) is 5.42. The molecular weight excluding hydrogens is 413 g/mol. The predicted molar refractivity (Wildman–Crippen MR) is 93.5 cm³/mol. The molecule has 1 unspecified atom stereocenters. The number of halogens is 2. The van der Waals surface area contributed by atoms with E-state index in [4.69, 9.17) is 0 Å². The summed E-state index contributed by atoms with van der Waals surface area (Å²) in [6, 6.07) is 15.7. The van der Waals surface area contributed by atoms with Gasteiger partial charge in [-0.25, -0.2) is 0 Å². The molecule has 0 aromatic heterocycles. The maximum Gasteiger partial charge on any atom is 0.0358 e. The Hall–Kier alpha value is -0.390. The molecule has 0 radical (unpaired) electrons. The fraction of sp³-hybridized carbons (Fsp3) is 0.250. The molecular formula is C16H17BrIN. The van der Waals surface area contributed by atoms with Crippen LogP contribution in [0.4, 0.5) is 0 Å². The number of rotatable bonds is 4. The molecule has 0 aliphatic carbocycles. The topological polar surface area (TPSA) is 12.0 Å². The Morgan fingerprint density at radius 2 is 1.84 bits per heavy atom. The molecule has 2 rings (SSSR count). The lowest BCUT2D eigenvalue weighted by atomic mass is 9.98. The van der Waals surface area contributed by atoms with Crippen molar-refractivity contribution in [3.8, 4) is 0 Å². The minimum atomic E-state index is 0.354. The molecule has 2 aromatic carbocycles. The van der Waals surface area contributed by atoms with Gasteiger partial charge in [-0.3, -0.25) is 0 Å². The van der Waals surface area contributed by atoms with E-state index >= 15 is 0 Å². The summed E-state index contributed by atoms with van der Waals surface area (Å²) >= 11 is 5.89. The zero-order valence-corrected chi connectivity index (χ0v) is 14.8. The fourth-order valence-corrected chi connectivity index (χ4v) is 2.73. The molecule has 19 heavy (non-hydrogen) atoms. The first-order chi connectivity index (χ1) is 9.10. The lowest BCUT2D eigenvalue weighted by Crippen LogP contribution is -2.19. The highest BCUT2D eigenvalue weighted by atomic mass is 127. The van der Waals surface area contributed by atoms with Gasteiger partial charge in [0.2, 0.25) is 0 Å². The minimum absolute atomic E-state index is 0.354. The zero-order valence-electron chi connectivity index (χ0n) is 11.1. The Bertz CT molecular complexity index is 551. The number of nitrogens with one attached hydrogen (secondary N) is 1. The molecule has 3 heteroatoms. The van der Waals surface area contributed by atoms with Gasteiger partial charge in [0.1, 0.15) is 0 Å². The van der Waals surface area contributed by atoms with Crippen LogP contribution in [0.2, 0.25) is 0 Å². The monoisotopic (exact) mass is 429 g/mol. The van der Waals surface area contributed by atoms with Crippen molar-refractivity contribution < 1.29 is 0 Å². The van der Waals surface area contributed by atoms with E-state index in [0.717, 1.165) is 6.42 Å². The lowest BCUT2D eigenvalue weighted by Gasteiger charge is -2.18. The third kappa shape index (κ3) is 4.04. The number of aryl methyl sites for hydroxylation is 1. The molecule has 0 spiro atoms. The summed E-state index contributed by atoms with van der Waals surface area (Å²) in [6.45, 7) is 2.13. The SMILES string of the molecule is CNC(Cc1ccc(I)cc1)c1ccc(Br)c(C)c1. The lowest BCUT2D eigenvalue weighted by molar-refractivity contribution is 0.591. The summed E-state index contributed by atoms with van der Waals surface area (Å²) < 4.78 is 2.45. The molecule has 1 nitrogen and oxygen atoms in total. The standard InChI is InChI=1S/C16H17BrIN/c1-11-9-13(5-8-15(11)17)16(19-2)10-12-3-6-14(18)7-4-12/h3-9,16,19H,10H2,1-2H3. The molecule has 0 aliphatic heterocycles. The van der Waals surface area contributed by atoms with Gasteiger partial charge >= 0.3 is 0 Å². The van der Waals surface area contributed by atoms with Crippen molar-refractivity contribution in [1.82, 2.24) is 5.32 Å². The molecule has 0 saturated heterocycles. The largest absolute Gasteiger partial charge is 0.313 e. The van der Waals surface area contributed by atoms with E-state index in [1.54, 1.807) is 0 Å². The van der Waals surface area contributed by atoms with E-state index in [9.17, 15) is 0 Å². The van der Waals surface area contributed by atoms with Gasteiger partial charge in [-0.1, -0.05) is 40.2 Å². The van der Waals surface area contributed by atoms with E-state index in [1.165, 1.54) is 24.7 Å². The van der Waals surface area contributed by atoms with Crippen LogP contribution < -0.4 is 5.32 Å². The molecule has 0 heterocycles. The van der Waals surface area contributed by atoms with Crippen LogP contribution in [0.15, 0.2) is 46.9 Å². The van der Waals surface area contributed by atoms with Gasteiger partial charge in [-0.05, 0) is 77.9 Å². The quantitative estimate of drug-likeness (QED) is 0.684. The van der Waals surface area contributed by atoms with E-state index in [0.29, 0.717) is 6.04 Å². The average Bonchev–Trinajstić information content (AvgIpc) is 2.41. The molecule has 0 bridgehead atoms. The Balaban J connectivity index is 2.19. The van der Waals surface area contributed by atoms with E-state index < -0.39 is 0 Å². The number of hydrogen-bond donors (Lipinski definition) is 1. The number of benzene rings is 2. The van der Waals surface area contributed by atoms with Crippen molar-refractivity contribution in [2.24, 2.45) is 0 Å². The zero-order chi connectivity index (χ0) is 13.8. The van der Waals surface area contributed by atoms with Crippen molar-refractivity contribution in [2.75, 3.05) is 7.05 Å². The molecule has 1 atom stereocenters. The molecule has 0 aliphatic rings. The minimum Gasteiger partial charge on any atom is -0.313 e. The van der Waals surface area contributed by atoms with E-state index in [-0.39, 0.29) is 0 Å². The predicted octanol–water partition coefficient (Wildman–Crippen LogP) is 4.87. The van der Waals surface area contributed by atoms with Gasteiger partial charge in [-0.2, -0.15) is 0 Å². The highest BCUT2D eigenvalue weighted by molar-refractivity contribution is 14.1. The summed E-state index contributed by atoms with van der Waals surface area (Å²) in [6.07, 6.45) is 1.01. The van der Waals surface area contributed by atoms with Gasteiger partial charge < -0.3 is 5.32 Å². The highest BCUT2D eigenvalue weighted by Crippen LogP contribution is 2.24. The third-order valence-corrected chi connectivity index (χ3v) is 4.89. The van der Waals surface area contributed by atoms with Crippen LogP contribution in [-0.2, 0) is 6.42 Å². The van der Waals surface area contributed by atoms with Crippen LogP contribution in [0, 0.1) is 10.5 Å². The first-order valence-corrected chi connectivity index (χ1v) is 8.15.